The molecular weight excluding hydrogens is 324 g/mol. The molecule has 1 aromatic carbocycles. The maximum atomic E-state index is 12.8. The van der Waals surface area contributed by atoms with Gasteiger partial charge in [0.25, 0.3) is 5.91 Å². The molecule has 0 saturated carbocycles. The number of rotatable bonds is 3. The average molecular weight is 339 g/mol. The minimum Gasteiger partial charge on any atom is -0.417 e. The molecule has 1 aliphatic heterocycles. The maximum absolute atomic E-state index is 12.8. The quantitative estimate of drug-likeness (QED) is 0.862. The molecule has 0 spiro atoms. The van der Waals surface area contributed by atoms with Crippen LogP contribution in [-0.4, -0.2) is 34.1 Å². The number of hydrogen-bond acceptors (Lipinski definition) is 4. The van der Waals surface area contributed by atoms with Crippen LogP contribution in [0.2, 0.25) is 0 Å². The standard InChI is InChI=1S/C15H15F2N3O2S/c1-9-8-23-12-6-4-3-5-11(12)20(9)14(21)10-7-13(19(2)18-10)22-15(16)17/h3-7,9,15H,8H2,1-2H3/t9-/m0/s1. The third-order valence-electron chi connectivity index (χ3n) is 3.53. The number of carbonyl (C=O) groups excluding carboxylic acids is 1. The molecule has 1 aliphatic rings. The number of fused-ring (bicyclic) bond motifs is 1. The lowest BCUT2D eigenvalue weighted by Gasteiger charge is -2.34. The largest absolute Gasteiger partial charge is 0.417 e. The van der Waals surface area contributed by atoms with E-state index in [1.807, 2.05) is 31.2 Å². The number of amides is 1. The zero-order valence-corrected chi connectivity index (χ0v) is 13.4. The zero-order valence-electron chi connectivity index (χ0n) is 12.6. The summed E-state index contributed by atoms with van der Waals surface area (Å²) in [6.07, 6.45) is 0. The van der Waals surface area contributed by atoms with Crippen LogP contribution in [0.5, 0.6) is 5.88 Å². The van der Waals surface area contributed by atoms with E-state index in [2.05, 4.69) is 9.84 Å². The second-order valence-electron chi connectivity index (χ2n) is 5.17. The van der Waals surface area contributed by atoms with Crippen molar-refractivity contribution < 1.29 is 18.3 Å². The summed E-state index contributed by atoms with van der Waals surface area (Å²) in [6, 6.07) is 8.82. The van der Waals surface area contributed by atoms with Gasteiger partial charge >= 0.3 is 6.61 Å². The molecule has 0 bridgehead atoms. The number of halogens is 2. The van der Waals surface area contributed by atoms with Gasteiger partial charge in [-0.25, -0.2) is 4.68 Å². The van der Waals surface area contributed by atoms with Crippen LogP contribution in [0.1, 0.15) is 17.4 Å². The van der Waals surface area contributed by atoms with E-state index in [1.54, 1.807) is 16.7 Å². The van der Waals surface area contributed by atoms with Crippen LogP contribution in [0.15, 0.2) is 35.2 Å². The second-order valence-corrected chi connectivity index (χ2v) is 6.23. The van der Waals surface area contributed by atoms with E-state index >= 15 is 0 Å². The Hall–Kier alpha value is -2.09. The van der Waals surface area contributed by atoms with Crippen molar-refractivity contribution in [2.45, 2.75) is 24.5 Å². The van der Waals surface area contributed by atoms with E-state index in [0.717, 1.165) is 21.0 Å². The first-order valence-corrected chi connectivity index (χ1v) is 8.00. The Morgan fingerprint density at radius 3 is 2.91 bits per heavy atom. The third kappa shape index (κ3) is 3.03. The van der Waals surface area contributed by atoms with Gasteiger partial charge in [-0.1, -0.05) is 12.1 Å². The van der Waals surface area contributed by atoms with Crippen molar-refractivity contribution in [1.29, 1.82) is 0 Å². The van der Waals surface area contributed by atoms with Gasteiger partial charge in [-0.3, -0.25) is 4.79 Å². The first-order chi connectivity index (χ1) is 11.0. The number of ether oxygens (including phenoxy) is 1. The van der Waals surface area contributed by atoms with Crippen molar-refractivity contribution in [2.75, 3.05) is 10.7 Å². The number of para-hydroxylation sites is 1. The topological polar surface area (TPSA) is 47.4 Å². The molecule has 1 aromatic heterocycles. The summed E-state index contributed by atoms with van der Waals surface area (Å²) in [5.74, 6) is 0.288. The smallest absolute Gasteiger partial charge is 0.388 e. The maximum Gasteiger partial charge on any atom is 0.388 e. The molecule has 2 aromatic rings. The lowest BCUT2D eigenvalue weighted by atomic mass is 10.2. The van der Waals surface area contributed by atoms with E-state index in [1.165, 1.54) is 13.1 Å². The number of carbonyl (C=O) groups is 1. The van der Waals surface area contributed by atoms with Crippen LogP contribution in [0, 0.1) is 0 Å². The van der Waals surface area contributed by atoms with Crippen molar-refractivity contribution >= 4 is 23.4 Å². The Kier molecular flexibility index (Phi) is 4.25. The molecule has 0 N–H and O–H groups in total. The molecule has 0 aliphatic carbocycles. The molecule has 0 saturated heterocycles. The van der Waals surface area contributed by atoms with Crippen LogP contribution in [0.4, 0.5) is 14.5 Å². The fourth-order valence-electron chi connectivity index (χ4n) is 2.49. The summed E-state index contributed by atoms with van der Waals surface area (Å²) in [5.41, 5.74) is 0.889. The molecule has 0 radical (unpaired) electrons. The van der Waals surface area contributed by atoms with Gasteiger partial charge in [0.15, 0.2) is 5.69 Å². The number of anilines is 1. The SMILES string of the molecule is C[C@H]1CSc2ccccc2N1C(=O)c1cc(OC(F)F)n(C)n1. The van der Waals surface area contributed by atoms with Gasteiger partial charge in [0.2, 0.25) is 5.88 Å². The van der Waals surface area contributed by atoms with Gasteiger partial charge < -0.3 is 9.64 Å². The summed E-state index contributed by atoms with van der Waals surface area (Å²) < 4.78 is 30.2. The number of alkyl halides is 2. The summed E-state index contributed by atoms with van der Waals surface area (Å²) in [6.45, 7) is -1.01. The van der Waals surface area contributed by atoms with Crippen molar-refractivity contribution in [3.8, 4) is 5.88 Å². The van der Waals surface area contributed by atoms with E-state index in [9.17, 15) is 13.6 Å². The highest BCUT2D eigenvalue weighted by atomic mass is 32.2. The number of benzene rings is 1. The van der Waals surface area contributed by atoms with Crippen molar-refractivity contribution in [3.63, 3.8) is 0 Å². The number of hydrogen-bond donors (Lipinski definition) is 0. The molecule has 0 unspecified atom stereocenters. The molecule has 5 nitrogen and oxygen atoms in total. The molecule has 8 heteroatoms. The van der Waals surface area contributed by atoms with Crippen LogP contribution in [-0.2, 0) is 7.05 Å². The van der Waals surface area contributed by atoms with Gasteiger partial charge in [0.1, 0.15) is 0 Å². The van der Waals surface area contributed by atoms with Crippen LogP contribution < -0.4 is 9.64 Å². The fraction of sp³-hybridized carbons (Fsp3) is 0.333. The van der Waals surface area contributed by atoms with Gasteiger partial charge in [-0.2, -0.15) is 13.9 Å². The average Bonchev–Trinajstić information content (AvgIpc) is 2.87. The zero-order chi connectivity index (χ0) is 16.6. The van der Waals surface area contributed by atoms with E-state index in [4.69, 9.17) is 0 Å². The lowest BCUT2D eigenvalue weighted by Crippen LogP contribution is -2.42. The number of thioether (sulfide) groups is 1. The Morgan fingerprint density at radius 2 is 2.17 bits per heavy atom. The molecule has 3 rings (SSSR count). The Bertz CT molecular complexity index is 735. The van der Waals surface area contributed by atoms with Crippen molar-refractivity contribution in [3.05, 3.63) is 36.0 Å². The van der Waals surface area contributed by atoms with Crippen LogP contribution >= 0.6 is 11.8 Å². The molecule has 1 amide bonds. The highest BCUT2D eigenvalue weighted by Crippen LogP contribution is 2.38. The summed E-state index contributed by atoms with van der Waals surface area (Å²) in [5, 5.41) is 4.01. The van der Waals surface area contributed by atoms with E-state index in [-0.39, 0.29) is 23.5 Å². The lowest BCUT2D eigenvalue weighted by molar-refractivity contribution is -0.0553. The monoisotopic (exact) mass is 339 g/mol. The molecule has 23 heavy (non-hydrogen) atoms. The summed E-state index contributed by atoms with van der Waals surface area (Å²) in [4.78, 5) is 15.5. The van der Waals surface area contributed by atoms with Gasteiger partial charge in [-0.05, 0) is 19.1 Å². The van der Waals surface area contributed by atoms with E-state index in [0.29, 0.717) is 0 Å². The van der Waals surface area contributed by atoms with Crippen molar-refractivity contribution in [2.24, 2.45) is 7.05 Å². The van der Waals surface area contributed by atoms with Crippen LogP contribution in [0.3, 0.4) is 0 Å². The molecular formula is C15H15F2N3O2S. The molecule has 1 atom stereocenters. The second kappa shape index (κ2) is 6.19. The highest BCUT2D eigenvalue weighted by molar-refractivity contribution is 7.99. The van der Waals surface area contributed by atoms with Gasteiger partial charge in [-0.15, -0.1) is 11.8 Å². The number of aromatic nitrogens is 2. The number of nitrogens with zero attached hydrogens (tertiary/aromatic N) is 3. The van der Waals surface area contributed by atoms with Gasteiger partial charge in [0.05, 0.1) is 5.69 Å². The first-order valence-electron chi connectivity index (χ1n) is 7.01. The molecule has 0 fully saturated rings. The fourth-order valence-corrected chi connectivity index (χ4v) is 3.55. The van der Waals surface area contributed by atoms with Crippen LogP contribution in [0.25, 0.3) is 0 Å². The normalized spacial score (nSPS) is 17.3. The molecule has 2 heterocycles. The minimum atomic E-state index is -2.96. The van der Waals surface area contributed by atoms with Gasteiger partial charge in [0, 0.05) is 29.8 Å². The Labute approximate surface area is 136 Å². The Morgan fingerprint density at radius 1 is 1.43 bits per heavy atom. The van der Waals surface area contributed by atoms with E-state index < -0.39 is 6.61 Å². The predicted molar refractivity (Wildman–Crippen MR) is 83.3 cm³/mol. The Balaban J connectivity index is 1.94. The predicted octanol–water partition coefficient (Wildman–Crippen LogP) is 3.16. The van der Waals surface area contributed by atoms with Crippen molar-refractivity contribution in [1.82, 2.24) is 9.78 Å². The minimum absolute atomic E-state index is 0.0242. The number of aryl methyl sites for hydroxylation is 1. The molecule has 122 valence electrons. The first kappa shape index (κ1) is 15.8. The third-order valence-corrected chi connectivity index (χ3v) is 4.84. The summed E-state index contributed by atoms with van der Waals surface area (Å²) >= 11 is 1.69. The summed E-state index contributed by atoms with van der Waals surface area (Å²) in [7, 11) is 1.46. The highest BCUT2D eigenvalue weighted by Gasteiger charge is 2.31.